The van der Waals surface area contributed by atoms with Crippen LogP contribution in [0.5, 0.6) is 0 Å². The maximum atomic E-state index is 13.4. The second-order valence-electron chi connectivity index (χ2n) is 4.75. The van der Waals surface area contributed by atoms with Gasteiger partial charge >= 0.3 is 0 Å². The molecule has 0 aliphatic rings. The molecule has 2 rings (SSSR count). The van der Waals surface area contributed by atoms with Gasteiger partial charge in [-0.25, -0.2) is 4.39 Å². The summed E-state index contributed by atoms with van der Waals surface area (Å²) in [5, 5.41) is 4.11. The highest BCUT2D eigenvalue weighted by atomic mass is 79.9. The van der Waals surface area contributed by atoms with Crippen LogP contribution in [0, 0.1) is 5.82 Å². The Morgan fingerprint density at radius 2 is 1.95 bits per heavy atom. The summed E-state index contributed by atoms with van der Waals surface area (Å²) in [6.45, 7) is 2.87. The van der Waals surface area contributed by atoms with Gasteiger partial charge in [-0.3, -0.25) is 0 Å². The van der Waals surface area contributed by atoms with Gasteiger partial charge < -0.3 is 5.32 Å². The average molecular weight is 436 g/mol. The van der Waals surface area contributed by atoms with E-state index in [1.807, 2.05) is 25.1 Å². The Kier molecular flexibility index (Phi) is 6.23. The number of rotatable bonds is 5. The molecule has 112 valence electrons. The SMILES string of the molecule is CCNC(Cc1cc(F)ccc1Br)c1cc(Cl)cc(Br)c1. The normalized spacial score (nSPS) is 12.4. The molecule has 0 bridgehead atoms. The molecular weight excluding hydrogens is 420 g/mol. The molecule has 0 saturated carbocycles. The Bertz CT molecular complexity index is 613. The van der Waals surface area contributed by atoms with Crippen molar-refractivity contribution < 1.29 is 4.39 Å². The van der Waals surface area contributed by atoms with E-state index in [2.05, 4.69) is 37.2 Å². The first-order valence-corrected chi connectivity index (χ1v) is 8.59. The molecule has 0 radical (unpaired) electrons. The van der Waals surface area contributed by atoms with Crippen LogP contribution < -0.4 is 5.32 Å². The standard InChI is InChI=1S/C16H15Br2ClFN/c1-2-21-16(11-5-12(17)9-13(19)6-11)8-10-7-14(20)3-4-15(10)18/h3-7,9,16,21H,2,8H2,1H3. The molecule has 0 aromatic heterocycles. The summed E-state index contributed by atoms with van der Waals surface area (Å²) in [5.74, 6) is -0.226. The van der Waals surface area contributed by atoms with Gasteiger partial charge in [0.05, 0.1) is 0 Å². The summed E-state index contributed by atoms with van der Waals surface area (Å²) >= 11 is 13.1. The van der Waals surface area contributed by atoms with Crippen molar-refractivity contribution in [2.45, 2.75) is 19.4 Å². The van der Waals surface area contributed by atoms with Crippen molar-refractivity contribution >= 4 is 43.5 Å². The number of likely N-dealkylation sites (N-methyl/N-ethyl adjacent to an activating group) is 1. The zero-order valence-electron chi connectivity index (χ0n) is 11.5. The molecule has 0 fully saturated rings. The topological polar surface area (TPSA) is 12.0 Å². The highest BCUT2D eigenvalue weighted by Gasteiger charge is 2.15. The van der Waals surface area contributed by atoms with Crippen LogP contribution in [0.15, 0.2) is 45.3 Å². The molecule has 2 aromatic carbocycles. The molecule has 0 aliphatic carbocycles. The minimum Gasteiger partial charge on any atom is -0.310 e. The molecular formula is C16H15Br2ClFN. The molecule has 1 atom stereocenters. The van der Waals surface area contributed by atoms with Crippen molar-refractivity contribution in [3.8, 4) is 0 Å². The second kappa shape index (κ2) is 7.73. The lowest BCUT2D eigenvalue weighted by atomic mass is 9.98. The Balaban J connectivity index is 2.32. The lowest BCUT2D eigenvalue weighted by Crippen LogP contribution is -2.23. The van der Waals surface area contributed by atoms with E-state index in [1.54, 1.807) is 12.1 Å². The molecule has 0 heterocycles. The monoisotopic (exact) mass is 433 g/mol. The summed E-state index contributed by atoms with van der Waals surface area (Å²) < 4.78 is 15.3. The van der Waals surface area contributed by atoms with Gasteiger partial charge in [0.25, 0.3) is 0 Å². The van der Waals surface area contributed by atoms with E-state index in [1.165, 1.54) is 6.07 Å². The van der Waals surface area contributed by atoms with E-state index in [4.69, 9.17) is 11.6 Å². The van der Waals surface area contributed by atoms with Crippen molar-refractivity contribution in [2.24, 2.45) is 0 Å². The predicted molar refractivity (Wildman–Crippen MR) is 93.4 cm³/mol. The van der Waals surface area contributed by atoms with Crippen LogP contribution in [0.2, 0.25) is 5.02 Å². The van der Waals surface area contributed by atoms with Crippen LogP contribution in [0.1, 0.15) is 24.1 Å². The van der Waals surface area contributed by atoms with Gasteiger partial charge in [0, 0.05) is 20.0 Å². The van der Waals surface area contributed by atoms with Gasteiger partial charge in [-0.1, -0.05) is 50.4 Å². The van der Waals surface area contributed by atoms with Crippen LogP contribution in [-0.2, 0) is 6.42 Å². The molecule has 2 aromatic rings. The maximum Gasteiger partial charge on any atom is 0.123 e. The average Bonchev–Trinajstić information content (AvgIpc) is 2.41. The highest BCUT2D eigenvalue weighted by Crippen LogP contribution is 2.28. The number of nitrogens with one attached hydrogen (secondary N) is 1. The van der Waals surface area contributed by atoms with Gasteiger partial charge in [0.15, 0.2) is 0 Å². The fourth-order valence-corrected chi connectivity index (χ4v) is 3.55. The second-order valence-corrected chi connectivity index (χ2v) is 6.96. The fraction of sp³-hybridized carbons (Fsp3) is 0.250. The number of hydrogen-bond donors (Lipinski definition) is 1. The fourth-order valence-electron chi connectivity index (χ4n) is 2.25. The summed E-state index contributed by atoms with van der Waals surface area (Å²) in [7, 11) is 0. The van der Waals surface area contributed by atoms with Crippen molar-refractivity contribution in [2.75, 3.05) is 6.54 Å². The number of halogens is 4. The Hall–Kier alpha value is -0.420. The zero-order valence-corrected chi connectivity index (χ0v) is 15.4. The van der Waals surface area contributed by atoms with Crippen LogP contribution in [0.3, 0.4) is 0 Å². The lowest BCUT2D eigenvalue weighted by Gasteiger charge is -2.20. The first-order chi connectivity index (χ1) is 9.99. The first-order valence-electron chi connectivity index (χ1n) is 6.63. The summed E-state index contributed by atoms with van der Waals surface area (Å²) in [5.41, 5.74) is 2.00. The summed E-state index contributed by atoms with van der Waals surface area (Å²) in [6, 6.07) is 10.6. The summed E-state index contributed by atoms with van der Waals surface area (Å²) in [4.78, 5) is 0. The number of hydrogen-bond acceptors (Lipinski definition) is 1. The molecule has 1 nitrogen and oxygen atoms in total. The summed E-state index contributed by atoms with van der Waals surface area (Å²) in [6.07, 6.45) is 0.680. The van der Waals surface area contributed by atoms with Crippen molar-refractivity contribution in [3.63, 3.8) is 0 Å². The third-order valence-electron chi connectivity index (χ3n) is 3.17. The molecule has 0 aliphatic heterocycles. The molecule has 0 amide bonds. The van der Waals surface area contributed by atoms with Crippen molar-refractivity contribution in [1.82, 2.24) is 5.32 Å². The Morgan fingerprint density at radius 3 is 2.62 bits per heavy atom. The smallest absolute Gasteiger partial charge is 0.123 e. The first kappa shape index (κ1) is 16.9. The third kappa shape index (κ3) is 4.78. The van der Waals surface area contributed by atoms with Gasteiger partial charge in [0.2, 0.25) is 0 Å². The third-order valence-corrected chi connectivity index (χ3v) is 4.62. The highest BCUT2D eigenvalue weighted by molar-refractivity contribution is 9.10. The van der Waals surface area contributed by atoms with E-state index >= 15 is 0 Å². The maximum absolute atomic E-state index is 13.4. The Morgan fingerprint density at radius 1 is 1.19 bits per heavy atom. The largest absolute Gasteiger partial charge is 0.310 e. The van der Waals surface area contributed by atoms with Gasteiger partial charge in [-0.05, 0) is 60.5 Å². The van der Waals surface area contributed by atoms with Crippen LogP contribution in [0.4, 0.5) is 4.39 Å². The quantitative estimate of drug-likeness (QED) is 0.617. The molecule has 1 unspecified atom stereocenters. The van der Waals surface area contributed by atoms with Crippen LogP contribution >= 0.6 is 43.5 Å². The zero-order chi connectivity index (χ0) is 15.4. The van der Waals surface area contributed by atoms with E-state index < -0.39 is 0 Å². The van der Waals surface area contributed by atoms with E-state index in [0.29, 0.717) is 11.4 Å². The Labute approximate surface area is 146 Å². The van der Waals surface area contributed by atoms with Crippen LogP contribution in [0.25, 0.3) is 0 Å². The number of benzene rings is 2. The van der Waals surface area contributed by atoms with Crippen molar-refractivity contribution in [1.29, 1.82) is 0 Å². The van der Waals surface area contributed by atoms with Crippen LogP contribution in [-0.4, -0.2) is 6.54 Å². The minimum atomic E-state index is -0.226. The molecule has 1 N–H and O–H groups in total. The lowest BCUT2D eigenvalue weighted by molar-refractivity contribution is 0.545. The van der Waals surface area contributed by atoms with Gasteiger partial charge in [-0.2, -0.15) is 0 Å². The van der Waals surface area contributed by atoms with Crippen molar-refractivity contribution in [3.05, 3.63) is 67.3 Å². The molecule has 5 heteroatoms. The predicted octanol–water partition coefficient (Wildman–Crippen LogP) is 5.90. The van der Waals surface area contributed by atoms with Gasteiger partial charge in [-0.15, -0.1) is 0 Å². The van der Waals surface area contributed by atoms with E-state index in [9.17, 15) is 4.39 Å². The minimum absolute atomic E-state index is 0.0723. The molecule has 0 saturated heterocycles. The molecule has 21 heavy (non-hydrogen) atoms. The van der Waals surface area contributed by atoms with Gasteiger partial charge in [0.1, 0.15) is 5.82 Å². The molecule has 0 spiro atoms. The van der Waals surface area contributed by atoms with E-state index in [-0.39, 0.29) is 11.9 Å². The van der Waals surface area contributed by atoms with E-state index in [0.717, 1.165) is 26.6 Å².